The summed E-state index contributed by atoms with van der Waals surface area (Å²) < 4.78 is 3.59. The largest absolute Gasteiger partial charge is 0.333 e. The highest BCUT2D eigenvalue weighted by atomic mass is 16.2. The molecule has 1 aliphatic heterocycles. The number of aryl methyl sites for hydroxylation is 2. The molecular formula is C17H18N6O. The van der Waals surface area contributed by atoms with E-state index in [0.717, 1.165) is 17.1 Å². The van der Waals surface area contributed by atoms with E-state index in [1.54, 1.807) is 9.58 Å². The minimum atomic E-state index is -0.0540. The lowest BCUT2D eigenvalue weighted by Gasteiger charge is -2.39. The summed E-state index contributed by atoms with van der Waals surface area (Å²) in [6.07, 6.45) is 1.52. The molecule has 0 aliphatic carbocycles. The molecule has 1 saturated heterocycles. The average Bonchev–Trinajstić information content (AvgIpc) is 3.14. The molecule has 2 aromatic heterocycles. The zero-order valence-electron chi connectivity index (χ0n) is 13.6. The number of aromatic nitrogens is 5. The van der Waals surface area contributed by atoms with Crippen LogP contribution < -0.4 is 0 Å². The van der Waals surface area contributed by atoms with Crippen molar-refractivity contribution >= 4 is 5.91 Å². The summed E-state index contributed by atoms with van der Waals surface area (Å²) in [7, 11) is 0. The van der Waals surface area contributed by atoms with Crippen molar-refractivity contribution in [3.05, 3.63) is 59.7 Å². The van der Waals surface area contributed by atoms with Gasteiger partial charge in [0.1, 0.15) is 0 Å². The van der Waals surface area contributed by atoms with E-state index >= 15 is 0 Å². The lowest BCUT2D eigenvalue weighted by Crippen LogP contribution is -2.51. The quantitative estimate of drug-likeness (QED) is 0.737. The number of carbonyl (C=O) groups is 1. The smallest absolute Gasteiger partial charge is 0.274 e. The third kappa shape index (κ3) is 2.38. The number of nitrogens with zero attached hydrogens (tertiary/aromatic N) is 6. The van der Waals surface area contributed by atoms with Gasteiger partial charge in [0.05, 0.1) is 23.6 Å². The molecule has 3 heterocycles. The van der Waals surface area contributed by atoms with Crippen LogP contribution in [0.15, 0.2) is 42.6 Å². The van der Waals surface area contributed by atoms with Gasteiger partial charge < -0.3 is 4.90 Å². The van der Waals surface area contributed by atoms with E-state index < -0.39 is 0 Å². The molecule has 0 bridgehead atoms. The molecule has 1 aromatic carbocycles. The predicted molar refractivity (Wildman–Crippen MR) is 88.0 cm³/mol. The Hall–Kier alpha value is -2.96. The number of para-hydroxylation sites is 1. The summed E-state index contributed by atoms with van der Waals surface area (Å²) in [5.41, 5.74) is 3.44. The van der Waals surface area contributed by atoms with Crippen molar-refractivity contribution in [1.82, 2.24) is 29.7 Å². The van der Waals surface area contributed by atoms with Crippen LogP contribution in [0.25, 0.3) is 5.69 Å². The number of benzene rings is 1. The Morgan fingerprint density at radius 2 is 1.92 bits per heavy atom. The SMILES string of the molecule is Cc1cc(C)n(C2CN(C(=O)c3cnnn3-c3ccccc3)C2)n1. The zero-order chi connectivity index (χ0) is 16.7. The van der Waals surface area contributed by atoms with E-state index in [4.69, 9.17) is 0 Å². The third-order valence-electron chi connectivity index (χ3n) is 4.31. The first kappa shape index (κ1) is 14.6. The molecule has 4 rings (SSSR count). The zero-order valence-corrected chi connectivity index (χ0v) is 13.6. The van der Waals surface area contributed by atoms with Crippen molar-refractivity contribution in [2.24, 2.45) is 0 Å². The van der Waals surface area contributed by atoms with Gasteiger partial charge in [-0.05, 0) is 32.0 Å². The minimum Gasteiger partial charge on any atom is -0.333 e. The molecule has 0 N–H and O–H groups in total. The second kappa shape index (κ2) is 5.59. The molecule has 0 saturated carbocycles. The van der Waals surface area contributed by atoms with Gasteiger partial charge in [-0.1, -0.05) is 23.4 Å². The Labute approximate surface area is 139 Å². The molecule has 1 aliphatic rings. The first-order valence-corrected chi connectivity index (χ1v) is 7.91. The molecule has 1 amide bonds. The summed E-state index contributed by atoms with van der Waals surface area (Å²) in [6, 6.07) is 11.8. The third-order valence-corrected chi connectivity index (χ3v) is 4.31. The lowest BCUT2D eigenvalue weighted by atomic mass is 10.1. The van der Waals surface area contributed by atoms with Crippen LogP contribution in [0.2, 0.25) is 0 Å². The highest BCUT2D eigenvalue weighted by Crippen LogP contribution is 2.24. The fraction of sp³-hybridized carbons (Fsp3) is 0.294. The maximum absolute atomic E-state index is 12.7. The molecule has 7 heteroatoms. The molecule has 1 fully saturated rings. The van der Waals surface area contributed by atoms with Crippen LogP contribution >= 0.6 is 0 Å². The highest BCUT2D eigenvalue weighted by molar-refractivity contribution is 5.93. The summed E-state index contributed by atoms with van der Waals surface area (Å²) in [5.74, 6) is -0.0540. The fourth-order valence-corrected chi connectivity index (χ4v) is 3.09. The molecule has 3 aromatic rings. The van der Waals surface area contributed by atoms with Gasteiger partial charge in [-0.2, -0.15) is 5.10 Å². The van der Waals surface area contributed by atoms with Gasteiger partial charge in [0.15, 0.2) is 5.69 Å². The second-order valence-corrected chi connectivity index (χ2v) is 6.10. The van der Waals surface area contributed by atoms with Crippen LogP contribution in [-0.2, 0) is 0 Å². The standard InChI is InChI=1S/C17H18N6O/c1-12-8-13(2)22(19-12)15-10-21(11-15)17(24)16-9-18-20-23(16)14-6-4-3-5-7-14/h3-9,15H,10-11H2,1-2H3. The van der Waals surface area contributed by atoms with Crippen molar-refractivity contribution in [3.8, 4) is 5.69 Å². The average molecular weight is 322 g/mol. The summed E-state index contributed by atoms with van der Waals surface area (Å²) >= 11 is 0. The van der Waals surface area contributed by atoms with Crippen molar-refractivity contribution in [2.75, 3.05) is 13.1 Å². The van der Waals surface area contributed by atoms with E-state index in [-0.39, 0.29) is 11.9 Å². The van der Waals surface area contributed by atoms with Gasteiger partial charge >= 0.3 is 0 Å². The van der Waals surface area contributed by atoms with Crippen molar-refractivity contribution in [3.63, 3.8) is 0 Å². The van der Waals surface area contributed by atoms with Crippen molar-refractivity contribution in [2.45, 2.75) is 19.9 Å². The van der Waals surface area contributed by atoms with Crippen LogP contribution in [0.1, 0.15) is 27.9 Å². The monoisotopic (exact) mass is 322 g/mol. The predicted octanol–water partition coefficient (Wildman–Crippen LogP) is 1.78. The Morgan fingerprint density at radius 3 is 2.58 bits per heavy atom. The number of hydrogen-bond donors (Lipinski definition) is 0. The maximum atomic E-state index is 12.7. The molecule has 0 radical (unpaired) electrons. The minimum absolute atomic E-state index is 0.0540. The normalized spacial score (nSPS) is 14.7. The van der Waals surface area contributed by atoms with Crippen LogP contribution in [0.4, 0.5) is 0 Å². The van der Waals surface area contributed by atoms with E-state index in [1.807, 2.05) is 48.9 Å². The second-order valence-electron chi connectivity index (χ2n) is 6.10. The number of likely N-dealkylation sites (tertiary alicyclic amines) is 1. The number of hydrogen-bond acceptors (Lipinski definition) is 4. The fourth-order valence-electron chi connectivity index (χ4n) is 3.09. The molecular weight excluding hydrogens is 304 g/mol. The van der Waals surface area contributed by atoms with Crippen molar-refractivity contribution < 1.29 is 4.79 Å². The Balaban J connectivity index is 1.51. The molecule has 0 unspecified atom stereocenters. The summed E-state index contributed by atoms with van der Waals surface area (Å²) in [5, 5.41) is 12.5. The lowest BCUT2D eigenvalue weighted by molar-refractivity contribution is 0.0488. The Morgan fingerprint density at radius 1 is 1.17 bits per heavy atom. The van der Waals surface area contributed by atoms with Crippen molar-refractivity contribution in [1.29, 1.82) is 0 Å². The first-order valence-electron chi connectivity index (χ1n) is 7.91. The van der Waals surface area contributed by atoms with Crippen LogP contribution in [-0.4, -0.2) is 48.7 Å². The molecule has 0 atom stereocenters. The van der Waals surface area contributed by atoms with Gasteiger partial charge in [0.2, 0.25) is 0 Å². The maximum Gasteiger partial charge on any atom is 0.274 e. The van der Waals surface area contributed by atoms with Gasteiger partial charge in [-0.3, -0.25) is 9.48 Å². The Kier molecular flexibility index (Phi) is 3.41. The molecule has 24 heavy (non-hydrogen) atoms. The van der Waals surface area contributed by atoms with E-state index in [2.05, 4.69) is 21.5 Å². The number of amides is 1. The van der Waals surface area contributed by atoms with E-state index in [1.165, 1.54) is 6.20 Å². The summed E-state index contributed by atoms with van der Waals surface area (Å²) in [4.78, 5) is 14.5. The first-order chi connectivity index (χ1) is 11.6. The summed E-state index contributed by atoms with van der Waals surface area (Å²) in [6.45, 7) is 5.33. The number of rotatable bonds is 3. The van der Waals surface area contributed by atoms with Gasteiger partial charge in [0, 0.05) is 18.8 Å². The number of carbonyl (C=O) groups excluding carboxylic acids is 1. The van der Waals surface area contributed by atoms with Crippen LogP contribution in [0.5, 0.6) is 0 Å². The van der Waals surface area contributed by atoms with Crippen LogP contribution in [0, 0.1) is 13.8 Å². The van der Waals surface area contributed by atoms with E-state index in [9.17, 15) is 4.79 Å². The topological polar surface area (TPSA) is 68.8 Å². The van der Waals surface area contributed by atoms with E-state index in [0.29, 0.717) is 18.8 Å². The molecule has 0 spiro atoms. The van der Waals surface area contributed by atoms with Gasteiger partial charge in [-0.25, -0.2) is 4.68 Å². The highest BCUT2D eigenvalue weighted by Gasteiger charge is 2.35. The Bertz CT molecular complexity index is 876. The van der Waals surface area contributed by atoms with Gasteiger partial charge in [0.25, 0.3) is 5.91 Å². The van der Waals surface area contributed by atoms with Crippen LogP contribution in [0.3, 0.4) is 0 Å². The van der Waals surface area contributed by atoms with Gasteiger partial charge in [-0.15, -0.1) is 5.10 Å². The molecule has 7 nitrogen and oxygen atoms in total. The molecule has 122 valence electrons.